The van der Waals surface area contributed by atoms with E-state index in [1.807, 2.05) is 0 Å². The zero-order valence-corrected chi connectivity index (χ0v) is 15.0. The van der Waals surface area contributed by atoms with E-state index in [2.05, 4.69) is 72.8 Å². The van der Waals surface area contributed by atoms with E-state index in [9.17, 15) is 0 Å². The van der Waals surface area contributed by atoms with Gasteiger partial charge in [0, 0.05) is 0 Å². The monoisotopic (exact) mass is 360 g/mol. The van der Waals surface area contributed by atoms with Crippen molar-refractivity contribution in [3.05, 3.63) is 83.9 Å². The van der Waals surface area contributed by atoms with Crippen LogP contribution >= 0.6 is 18.6 Å². The molecule has 0 saturated heterocycles. The molecule has 0 atom stereocenters. The van der Waals surface area contributed by atoms with Gasteiger partial charge >= 0.3 is 35.6 Å². The summed E-state index contributed by atoms with van der Waals surface area (Å²) in [6, 6.07) is 26.1. The van der Waals surface area contributed by atoms with Crippen LogP contribution in [0.15, 0.2) is 72.8 Å². The fraction of sp³-hybridized carbons (Fsp3) is 0.0526. The van der Waals surface area contributed by atoms with Crippen LogP contribution in [0.2, 0.25) is 0 Å². The summed E-state index contributed by atoms with van der Waals surface area (Å²) >= 11 is -0.556. The first kappa shape index (κ1) is 15.8. The number of fused-ring (bicyclic) bond motifs is 3. The summed E-state index contributed by atoms with van der Waals surface area (Å²) in [5.41, 5.74) is 8.36. The number of benzene rings is 3. The van der Waals surface area contributed by atoms with E-state index in [0.717, 1.165) is 6.42 Å². The summed E-state index contributed by atoms with van der Waals surface area (Å²) in [4.78, 5) is 0. The Morgan fingerprint density at radius 1 is 0.636 bits per heavy atom. The van der Waals surface area contributed by atoms with E-state index in [4.69, 9.17) is 18.6 Å². The van der Waals surface area contributed by atoms with Gasteiger partial charge in [0.15, 0.2) is 0 Å². The Morgan fingerprint density at radius 3 is 2.00 bits per heavy atom. The van der Waals surface area contributed by atoms with Crippen LogP contribution in [-0.4, -0.2) is 0 Å². The van der Waals surface area contributed by atoms with Crippen molar-refractivity contribution in [1.29, 1.82) is 0 Å². The van der Waals surface area contributed by atoms with Gasteiger partial charge in [-0.05, 0) is 39.8 Å². The molecule has 0 fully saturated rings. The number of hydrogen-bond acceptors (Lipinski definition) is 0. The van der Waals surface area contributed by atoms with E-state index in [1.54, 1.807) is 0 Å². The van der Waals surface area contributed by atoms with Gasteiger partial charge in [0.05, 0.1) is 0 Å². The maximum atomic E-state index is 4.89. The minimum atomic E-state index is -0.556. The third-order valence-electron chi connectivity index (χ3n) is 3.90. The van der Waals surface area contributed by atoms with Crippen molar-refractivity contribution in [2.24, 2.45) is 0 Å². The molecule has 0 saturated carbocycles. The Bertz CT molecular complexity index is 769. The topological polar surface area (TPSA) is 0 Å². The maximum absolute atomic E-state index is 4.89. The molecule has 1 aliphatic carbocycles. The average molecular weight is 361 g/mol. The van der Waals surface area contributed by atoms with Gasteiger partial charge in [-0.15, -0.1) is 0 Å². The first-order valence-electron chi connectivity index (χ1n) is 7.07. The zero-order chi connectivity index (χ0) is 15.4. The van der Waals surface area contributed by atoms with Crippen LogP contribution in [0.25, 0.3) is 22.3 Å². The third kappa shape index (κ3) is 3.16. The van der Waals surface area contributed by atoms with E-state index >= 15 is 0 Å². The van der Waals surface area contributed by atoms with Crippen molar-refractivity contribution in [2.75, 3.05) is 0 Å². The van der Waals surface area contributed by atoms with Gasteiger partial charge in [-0.2, -0.15) is 0 Å². The standard InChI is InChI=1S/C19H14.2ClH.Ti/c1-2-7-14(8-3-1)17-12-6-10-16-13-15-9-4-5-11-18(15)19(16)17;;;/h1-12H,13H2;2*1H;/q;;;+2/p-2. The van der Waals surface area contributed by atoms with Crippen LogP contribution in [0.4, 0.5) is 0 Å². The molecule has 3 aromatic carbocycles. The number of halogens is 2. The van der Waals surface area contributed by atoms with Crippen molar-refractivity contribution >= 4 is 18.6 Å². The fourth-order valence-electron chi connectivity index (χ4n) is 3.05. The first-order chi connectivity index (χ1) is 10.8. The molecule has 108 valence electrons. The van der Waals surface area contributed by atoms with Crippen molar-refractivity contribution in [2.45, 2.75) is 6.42 Å². The molecule has 0 bridgehead atoms. The molecule has 3 aromatic rings. The van der Waals surface area contributed by atoms with Crippen LogP contribution in [0.3, 0.4) is 0 Å². The summed E-state index contributed by atoms with van der Waals surface area (Å²) < 4.78 is 0. The Morgan fingerprint density at radius 2 is 1.23 bits per heavy atom. The smallest absolute Gasteiger partial charge is 0.00132 e. The van der Waals surface area contributed by atoms with E-state index in [-0.39, 0.29) is 0 Å². The van der Waals surface area contributed by atoms with Gasteiger partial charge in [0.25, 0.3) is 0 Å². The molecule has 0 unspecified atom stereocenters. The van der Waals surface area contributed by atoms with Crippen LogP contribution in [-0.2, 0) is 23.5 Å². The largest absolute Gasteiger partial charge is 0.0622 e. The normalized spacial score (nSPS) is 11.0. The number of rotatable bonds is 1. The van der Waals surface area contributed by atoms with Gasteiger partial charge in [0.2, 0.25) is 0 Å². The van der Waals surface area contributed by atoms with E-state index < -0.39 is 17.0 Å². The van der Waals surface area contributed by atoms with Gasteiger partial charge in [-0.3, -0.25) is 0 Å². The first-order valence-corrected chi connectivity index (χ1v) is 11.4. The van der Waals surface area contributed by atoms with Gasteiger partial charge in [0.1, 0.15) is 0 Å². The van der Waals surface area contributed by atoms with Crippen molar-refractivity contribution in [3.63, 3.8) is 0 Å². The van der Waals surface area contributed by atoms with Crippen LogP contribution in [0, 0.1) is 0 Å². The Labute approximate surface area is 147 Å². The molecule has 0 radical (unpaired) electrons. The molecule has 0 amide bonds. The van der Waals surface area contributed by atoms with Crippen molar-refractivity contribution in [1.82, 2.24) is 0 Å². The molecular weight excluding hydrogens is 347 g/mol. The quantitative estimate of drug-likeness (QED) is 0.349. The molecule has 22 heavy (non-hydrogen) atoms. The van der Waals surface area contributed by atoms with Crippen LogP contribution in [0.1, 0.15) is 11.1 Å². The fourth-order valence-corrected chi connectivity index (χ4v) is 3.05. The molecule has 4 rings (SSSR count). The maximum Gasteiger partial charge on any atom is -0.00132 e. The Hall–Kier alpha value is -1.05. The predicted octanol–water partition coefficient (Wildman–Crippen LogP) is 6.30. The third-order valence-corrected chi connectivity index (χ3v) is 3.90. The zero-order valence-electron chi connectivity index (χ0n) is 11.9. The van der Waals surface area contributed by atoms with Crippen LogP contribution in [0.5, 0.6) is 0 Å². The summed E-state index contributed by atoms with van der Waals surface area (Å²) in [5.74, 6) is 0. The summed E-state index contributed by atoms with van der Waals surface area (Å²) in [5, 5.41) is 0. The second-order valence-electron chi connectivity index (χ2n) is 5.11. The average Bonchev–Trinajstić information content (AvgIpc) is 2.95. The van der Waals surface area contributed by atoms with Gasteiger partial charge in [-0.25, -0.2) is 0 Å². The minimum absolute atomic E-state index is 0.556. The minimum Gasteiger partial charge on any atom is -0.0622 e. The van der Waals surface area contributed by atoms with Crippen molar-refractivity contribution < 1.29 is 17.0 Å². The second-order valence-corrected chi connectivity index (χ2v) is 7.69. The Kier molecular flexibility index (Phi) is 5.39. The summed E-state index contributed by atoms with van der Waals surface area (Å²) in [6.45, 7) is 0. The van der Waals surface area contributed by atoms with Gasteiger partial charge in [-0.1, -0.05) is 72.8 Å². The summed E-state index contributed by atoms with van der Waals surface area (Å²) in [7, 11) is 9.78. The van der Waals surface area contributed by atoms with Crippen molar-refractivity contribution in [3.8, 4) is 22.3 Å². The van der Waals surface area contributed by atoms with Crippen LogP contribution < -0.4 is 0 Å². The molecule has 0 N–H and O–H groups in total. The Balaban J connectivity index is 0.000000446. The number of hydrogen-bond donors (Lipinski definition) is 0. The summed E-state index contributed by atoms with van der Waals surface area (Å²) in [6.07, 6.45) is 1.06. The molecular formula is C19H14Cl2Ti. The molecule has 0 heterocycles. The van der Waals surface area contributed by atoms with Gasteiger partial charge < -0.3 is 0 Å². The van der Waals surface area contributed by atoms with E-state index in [1.165, 1.54) is 33.4 Å². The molecule has 0 nitrogen and oxygen atoms in total. The molecule has 0 spiro atoms. The second kappa shape index (κ2) is 7.48. The SMILES string of the molecule is [Cl][Ti][Cl].c1ccc(-c2cccc3c2-c2ccccc2C3)cc1. The molecule has 0 aromatic heterocycles. The van der Waals surface area contributed by atoms with E-state index in [0.29, 0.717) is 0 Å². The molecule has 3 heteroatoms. The predicted molar refractivity (Wildman–Crippen MR) is 91.8 cm³/mol. The molecule has 1 aliphatic rings. The molecule has 0 aliphatic heterocycles.